The van der Waals surface area contributed by atoms with Gasteiger partial charge in [-0.2, -0.15) is 0 Å². The van der Waals surface area contributed by atoms with E-state index in [0.29, 0.717) is 18.0 Å². The first-order valence-corrected chi connectivity index (χ1v) is 7.44. The van der Waals surface area contributed by atoms with Crippen LogP contribution in [0.5, 0.6) is 0 Å². The average Bonchev–Trinajstić information content (AvgIpc) is 2.88. The minimum atomic E-state index is -0.00820. The number of hydrogen-bond acceptors (Lipinski definition) is 3. The van der Waals surface area contributed by atoms with Crippen molar-refractivity contribution in [2.45, 2.75) is 32.8 Å². The van der Waals surface area contributed by atoms with E-state index in [0.717, 1.165) is 31.7 Å². The number of nitrogens with one attached hydrogen (secondary N) is 2. The van der Waals surface area contributed by atoms with Crippen LogP contribution >= 0.6 is 0 Å². The Labute approximate surface area is 120 Å². The van der Waals surface area contributed by atoms with E-state index >= 15 is 0 Å². The monoisotopic (exact) mass is 276 g/mol. The van der Waals surface area contributed by atoms with Crippen molar-refractivity contribution in [2.75, 3.05) is 25.0 Å². The first-order valence-electron chi connectivity index (χ1n) is 7.44. The zero-order valence-electron chi connectivity index (χ0n) is 12.3. The molecule has 110 valence electrons. The van der Waals surface area contributed by atoms with Crippen molar-refractivity contribution in [3.8, 4) is 0 Å². The largest absolute Gasteiger partial charge is 0.385 e. The lowest BCUT2D eigenvalue weighted by molar-refractivity contribution is 0.0907. The smallest absolute Gasteiger partial charge is 0.251 e. The average molecular weight is 276 g/mol. The summed E-state index contributed by atoms with van der Waals surface area (Å²) in [6.45, 7) is 6.64. The Kier molecular flexibility index (Phi) is 5.41. The Hall–Kier alpha value is -1.55. The topological polar surface area (TPSA) is 50.4 Å². The SMILES string of the molecule is CCCNc1ccc(C(=O)NCC2CCOC2C)cc1. The molecular weight excluding hydrogens is 252 g/mol. The van der Waals surface area contributed by atoms with Gasteiger partial charge in [0.1, 0.15) is 0 Å². The molecule has 2 unspecified atom stereocenters. The van der Waals surface area contributed by atoms with E-state index in [-0.39, 0.29) is 12.0 Å². The molecule has 0 aromatic heterocycles. The van der Waals surface area contributed by atoms with Gasteiger partial charge in [0.25, 0.3) is 5.91 Å². The molecule has 1 aromatic carbocycles. The lowest BCUT2D eigenvalue weighted by Crippen LogP contribution is -2.31. The van der Waals surface area contributed by atoms with Gasteiger partial charge in [0, 0.05) is 36.9 Å². The molecule has 1 amide bonds. The molecule has 1 aromatic rings. The van der Waals surface area contributed by atoms with Crippen LogP contribution in [0.3, 0.4) is 0 Å². The summed E-state index contributed by atoms with van der Waals surface area (Å²) in [4.78, 5) is 12.1. The Morgan fingerprint density at radius 1 is 1.35 bits per heavy atom. The molecule has 2 N–H and O–H groups in total. The molecule has 1 fully saturated rings. The van der Waals surface area contributed by atoms with Gasteiger partial charge in [-0.1, -0.05) is 6.92 Å². The second-order valence-corrected chi connectivity index (χ2v) is 5.34. The van der Waals surface area contributed by atoms with Crippen molar-refractivity contribution in [3.63, 3.8) is 0 Å². The van der Waals surface area contributed by atoms with E-state index < -0.39 is 0 Å². The van der Waals surface area contributed by atoms with E-state index in [2.05, 4.69) is 24.5 Å². The second-order valence-electron chi connectivity index (χ2n) is 5.34. The highest BCUT2D eigenvalue weighted by Gasteiger charge is 2.24. The van der Waals surface area contributed by atoms with Crippen molar-refractivity contribution >= 4 is 11.6 Å². The number of benzene rings is 1. The molecule has 1 saturated heterocycles. The van der Waals surface area contributed by atoms with E-state index in [1.807, 2.05) is 24.3 Å². The van der Waals surface area contributed by atoms with Gasteiger partial charge in [0.15, 0.2) is 0 Å². The fraction of sp³-hybridized carbons (Fsp3) is 0.562. The predicted octanol–water partition coefficient (Wildman–Crippen LogP) is 2.66. The van der Waals surface area contributed by atoms with E-state index in [9.17, 15) is 4.79 Å². The molecule has 1 aliphatic rings. The van der Waals surface area contributed by atoms with Crippen LogP contribution in [0.4, 0.5) is 5.69 Å². The van der Waals surface area contributed by atoms with Gasteiger partial charge in [-0.25, -0.2) is 0 Å². The van der Waals surface area contributed by atoms with Gasteiger partial charge < -0.3 is 15.4 Å². The fourth-order valence-electron chi connectivity index (χ4n) is 2.38. The highest BCUT2D eigenvalue weighted by atomic mass is 16.5. The number of carbonyl (C=O) groups excluding carboxylic acids is 1. The third-order valence-electron chi connectivity index (χ3n) is 3.78. The van der Waals surface area contributed by atoms with Gasteiger partial charge in [-0.15, -0.1) is 0 Å². The molecule has 1 aliphatic heterocycles. The quantitative estimate of drug-likeness (QED) is 0.840. The molecule has 0 saturated carbocycles. The number of anilines is 1. The molecule has 0 radical (unpaired) electrons. The number of carbonyl (C=O) groups is 1. The molecule has 0 spiro atoms. The third-order valence-corrected chi connectivity index (χ3v) is 3.78. The van der Waals surface area contributed by atoms with Crippen molar-refractivity contribution in [1.29, 1.82) is 0 Å². The maximum atomic E-state index is 12.1. The molecule has 20 heavy (non-hydrogen) atoms. The standard InChI is InChI=1S/C16H24N2O2/c1-3-9-17-15-6-4-13(5-7-15)16(19)18-11-14-8-10-20-12(14)2/h4-7,12,14,17H,3,8-11H2,1-2H3,(H,18,19). The molecule has 4 heteroatoms. The van der Waals surface area contributed by atoms with Gasteiger partial charge in [0.2, 0.25) is 0 Å². The van der Waals surface area contributed by atoms with Crippen LogP contribution in [0.25, 0.3) is 0 Å². The summed E-state index contributed by atoms with van der Waals surface area (Å²) < 4.78 is 5.50. The zero-order valence-corrected chi connectivity index (χ0v) is 12.3. The Bertz CT molecular complexity index is 431. The van der Waals surface area contributed by atoms with Crippen molar-refractivity contribution in [1.82, 2.24) is 5.32 Å². The van der Waals surface area contributed by atoms with Gasteiger partial charge in [0.05, 0.1) is 6.10 Å². The van der Waals surface area contributed by atoms with Crippen LogP contribution in [0.15, 0.2) is 24.3 Å². The fourth-order valence-corrected chi connectivity index (χ4v) is 2.38. The van der Waals surface area contributed by atoms with Gasteiger partial charge in [-0.05, 0) is 44.0 Å². The van der Waals surface area contributed by atoms with Gasteiger partial charge in [-0.3, -0.25) is 4.79 Å². The van der Waals surface area contributed by atoms with Crippen LogP contribution in [-0.2, 0) is 4.74 Å². The first kappa shape index (κ1) is 14.9. The van der Waals surface area contributed by atoms with E-state index in [4.69, 9.17) is 4.74 Å². The summed E-state index contributed by atoms with van der Waals surface area (Å²) in [5.41, 5.74) is 1.76. The maximum absolute atomic E-state index is 12.1. The Morgan fingerprint density at radius 2 is 2.10 bits per heavy atom. The molecule has 0 bridgehead atoms. The number of hydrogen-bond donors (Lipinski definition) is 2. The van der Waals surface area contributed by atoms with E-state index in [1.165, 1.54) is 0 Å². The van der Waals surface area contributed by atoms with E-state index in [1.54, 1.807) is 0 Å². The van der Waals surface area contributed by atoms with Crippen LogP contribution in [0.1, 0.15) is 37.0 Å². The zero-order chi connectivity index (χ0) is 14.4. The number of ether oxygens (including phenoxy) is 1. The number of amides is 1. The van der Waals surface area contributed by atoms with Crippen molar-refractivity contribution < 1.29 is 9.53 Å². The van der Waals surface area contributed by atoms with Crippen LogP contribution in [0, 0.1) is 5.92 Å². The normalized spacial score (nSPS) is 21.7. The highest BCUT2D eigenvalue weighted by Crippen LogP contribution is 2.19. The molecule has 4 nitrogen and oxygen atoms in total. The predicted molar refractivity (Wildman–Crippen MR) is 81.1 cm³/mol. The summed E-state index contributed by atoms with van der Waals surface area (Å²) in [5.74, 6) is 0.426. The lowest BCUT2D eigenvalue weighted by Gasteiger charge is -2.14. The lowest BCUT2D eigenvalue weighted by atomic mass is 10.0. The maximum Gasteiger partial charge on any atom is 0.251 e. The summed E-state index contributed by atoms with van der Waals surface area (Å²) in [5, 5.41) is 6.29. The summed E-state index contributed by atoms with van der Waals surface area (Å²) in [6.07, 6.45) is 2.36. The second kappa shape index (κ2) is 7.29. The first-order chi connectivity index (χ1) is 9.70. The molecule has 2 atom stereocenters. The Morgan fingerprint density at radius 3 is 2.70 bits per heavy atom. The molecule has 1 heterocycles. The Balaban J connectivity index is 1.82. The third kappa shape index (κ3) is 3.97. The van der Waals surface area contributed by atoms with Gasteiger partial charge >= 0.3 is 0 Å². The molecule has 0 aliphatic carbocycles. The highest BCUT2D eigenvalue weighted by molar-refractivity contribution is 5.94. The number of rotatable bonds is 6. The van der Waals surface area contributed by atoms with Crippen molar-refractivity contribution in [2.24, 2.45) is 5.92 Å². The summed E-state index contributed by atoms with van der Waals surface area (Å²) >= 11 is 0. The molecular formula is C16H24N2O2. The molecule has 2 rings (SSSR count). The van der Waals surface area contributed by atoms with Crippen LogP contribution in [0.2, 0.25) is 0 Å². The minimum Gasteiger partial charge on any atom is -0.385 e. The van der Waals surface area contributed by atoms with Crippen molar-refractivity contribution in [3.05, 3.63) is 29.8 Å². The summed E-state index contributed by atoms with van der Waals surface area (Å²) in [7, 11) is 0. The summed E-state index contributed by atoms with van der Waals surface area (Å²) in [6, 6.07) is 7.63. The van der Waals surface area contributed by atoms with Crippen LogP contribution < -0.4 is 10.6 Å². The van der Waals surface area contributed by atoms with Crippen LogP contribution in [-0.4, -0.2) is 31.7 Å². The minimum absolute atomic E-state index is 0.00820.